The van der Waals surface area contributed by atoms with Gasteiger partial charge in [0.05, 0.1) is 15.1 Å². The molecule has 15 nitrogen and oxygen atoms in total. The van der Waals surface area contributed by atoms with Crippen molar-refractivity contribution >= 4 is 48.0 Å². The van der Waals surface area contributed by atoms with Crippen molar-refractivity contribution in [3.8, 4) is 0 Å². The number of halogens is 1. The molecule has 1 aromatic rings. The van der Waals surface area contributed by atoms with Crippen molar-refractivity contribution in [1.82, 2.24) is 14.9 Å². The molecule has 2 heterocycles. The number of esters is 2. The molecule has 0 radical (unpaired) electrons. The monoisotopic (exact) mass is 703 g/mol. The molecule has 2 rings (SSSR count). The molecule has 40 heavy (non-hydrogen) atoms. The molecule has 1 aromatic heterocycles. The highest BCUT2D eigenvalue weighted by molar-refractivity contribution is 14.1. The van der Waals surface area contributed by atoms with Crippen LogP contribution in [0.15, 0.2) is 15.8 Å². The largest absolute Gasteiger partial charge is 0.458 e. The van der Waals surface area contributed by atoms with Crippen LogP contribution in [-0.2, 0) is 42.2 Å². The van der Waals surface area contributed by atoms with Gasteiger partial charge in [-0.1, -0.05) is 0 Å². The second-order valence-electron chi connectivity index (χ2n) is 10.9. The third-order valence-electron chi connectivity index (χ3n) is 5.13. The van der Waals surface area contributed by atoms with E-state index in [9.17, 15) is 33.6 Å². The summed E-state index contributed by atoms with van der Waals surface area (Å²) in [6.07, 6.45) is -2.48. The molecule has 0 bridgehead atoms. The van der Waals surface area contributed by atoms with Crippen molar-refractivity contribution < 1.29 is 47.3 Å². The van der Waals surface area contributed by atoms with Crippen LogP contribution >= 0.6 is 30.2 Å². The number of hydrogen-bond acceptors (Lipinski definition) is 12. The number of nitrogens with one attached hydrogen (secondary N) is 2. The van der Waals surface area contributed by atoms with Crippen molar-refractivity contribution in [2.24, 2.45) is 5.41 Å². The number of H-pyrrole nitrogens is 1. The van der Waals surface area contributed by atoms with Crippen molar-refractivity contribution in [3.05, 3.63) is 30.6 Å². The van der Waals surface area contributed by atoms with Gasteiger partial charge in [0.1, 0.15) is 24.1 Å². The summed E-state index contributed by atoms with van der Waals surface area (Å²) in [7, 11) is -4.33. The quantitative estimate of drug-likeness (QED) is 0.128. The van der Waals surface area contributed by atoms with Crippen molar-refractivity contribution in [2.45, 2.75) is 72.0 Å². The molecule has 0 aromatic carbocycles. The Bertz CT molecular complexity index is 1250. The zero-order valence-electron chi connectivity index (χ0n) is 23.1. The van der Waals surface area contributed by atoms with Gasteiger partial charge in [0, 0.05) is 19.2 Å². The van der Waals surface area contributed by atoms with E-state index in [1.807, 2.05) is 0 Å². The van der Waals surface area contributed by atoms with Crippen LogP contribution in [0, 0.1) is 8.99 Å². The lowest BCUT2D eigenvalue weighted by molar-refractivity contribution is -0.162. The number of rotatable bonds is 11. The number of aliphatic hydroxyl groups is 1. The molecule has 1 amide bonds. The molecule has 4 atom stereocenters. The average Bonchev–Trinajstić information content (AvgIpc) is 3.17. The van der Waals surface area contributed by atoms with E-state index < -0.39 is 85.7 Å². The Labute approximate surface area is 243 Å². The highest BCUT2D eigenvalue weighted by Crippen LogP contribution is 2.48. The number of aromatic amines is 1. The van der Waals surface area contributed by atoms with Gasteiger partial charge in [0.15, 0.2) is 6.61 Å². The molecule has 0 aliphatic carbocycles. The fraction of sp³-hybridized carbons (Fsp3) is 0.696. The highest BCUT2D eigenvalue weighted by atomic mass is 127. The summed E-state index contributed by atoms with van der Waals surface area (Å²) in [5.41, 5.74) is -3.00. The van der Waals surface area contributed by atoms with Crippen molar-refractivity contribution in [2.75, 3.05) is 26.1 Å². The first kappa shape index (κ1) is 34.1. The topological polar surface area (TPSA) is 202 Å². The van der Waals surface area contributed by atoms with E-state index in [2.05, 4.69) is 10.3 Å². The standard InChI is InChI=1S/C23H35IN3O12P/c1-22(2,3)20(32)35-12-37-40(34,36-10-18(30)39-23(4,5)6)11-16(29)25-8-15-14(28)7-17(38-15)27-9-13(24)19(31)26-21(27)33/h9,14-15,17,28H,7-8,10-12H2,1-6H3,(H,25,29)(H,26,31,33)/t14-,15+,17+,40?/m0/s1. The second kappa shape index (κ2) is 13.7. The first-order chi connectivity index (χ1) is 18.3. The molecule has 3 N–H and O–H groups in total. The van der Waals surface area contributed by atoms with E-state index in [1.165, 1.54) is 6.20 Å². The summed E-state index contributed by atoms with van der Waals surface area (Å²) in [6.45, 7) is 7.83. The Morgan fingerprint density at radius 2 is 1.85 bits per heavy atom. The van der Waals surface area contributed by atoms with E-state index in [1.54, 1.807) is 64.1 Å². The zero-order valence-corrected chi connectivity index (χ0v) is 26.1. The molecular formula is C23H35IN3O12P. The van der Waals surface area contributed by atoms with Gasteiger partial charge >= 0.3 is 25.2 Å². The number of carbonyl (C=O) groups excluding carboxylic acids is 3. The maximum absolute atomic E-state index is 13.3. The molecule has 0 saturated carbocycles. The third kappa shape index (κ3) is 10.7. The van der Waals surface area contributed by atoms with E-state index in [4.69, 9.17) is 23.3 Å². The lowest BCUT2D eigenvalue weighted by Gasteiger charge is -2.22. The third-order valence-corrected chi connectivity index (χ3v) is 7.59. The fourth-order valence-corrected chi connectivity index (χ4v) is 4.89. The van der Waals surface area contributed by atoms with Gasteiger partial charge in [-0.2, -0.15) is 0 Å². The van der Waals surface area contributed by atoms with Gasteiger partial charge in [-0.3, -0.25) is 37.5 Å². The van der Waals surface area contributed by atoms with Crippen LogP contribution in [0.3, 0.4) is 0 Å². The number of amides is 1. The Kier molecular flexibility index (Phi) is 11.7. The van der Waals surface area contributed by atoms with Gasteiger partial charge in [0.25, 0.3) is 5.56 Å². The first-order valence-electron chi connectivity index (χ1n) is 12.2. The summed E-state index contributed by atoms with van der Waals surface area (Å²) < 4.78 is 40.6. The minimum atomic E-state index is -4.33. The fourth-order valence-electron chi connectivity index (χ4n) is 3.22. The molecule has 1 aliphatic heterocycles. The minimum Gasteiger partial charge on any atom is -0.458 e. The van der Waals surface area contributed by atoms with E-state index >= 15 is 0 Å². The van der Waals surface area contributed by atoms with Crippen LogP contribution in [0.2, 0.25) is 0 Å². The Morgan fingerprint density at radius 1 is 1.20 bits per heavy atom. The van der Waals surface area contributed by atoms with E-state index in [-0.39, 0.29) is 16.5 Å². The summed E-state index contributed by atoms with van der Waals surface area (Å²) in [4.78, 5) is 62.6. The first-order valence-corrected chi connectivity index (χ1v) is 15.0. The van der Waals surface area contributed by atoms with E-state index in [0.29, 0.717) is 0 Å². The molecule has 1 fully saturated rings. The van der Waals surface area contributed by atoms with Gasteiger partial charge in [-0.05, 0) is 64.1 Å². The SMILES string of the molecule is CC(C)(C)OC(=O)COP(=O)(CC(=O)NC[C@H]1O[C@@H](n2cc(I)c(=O)[nH]c2=O)C[C@@H]1O)OCOC(=O)C(C)(C)C. The van der Waals surface area contributed by atoms with Gasteiger partial charge < -0.3 is 24.6 Å². The number of aliphatic hydroxyl groups excluding tert-OH is 1. The lowest BCUT2D eigenvalue weighted by atomic mass is 9.98. The van der Waals surface area contributed by atoms with Crippen LogP contribution in [0.25, 0.3) is 0 Å². The Hall–Kier alpha value is -2.11. The summed E-state index contributed by atoms with van der Waals surface area (Å²) in [5, 5.41) is 12.8. The molecule has 1 saturated heterocycles. The summed E-state index contributed by atoms with van der Waals surface area (Å²) >= 11 is 1.75. The zero-order chi connectivity index (χ0) is 30.5. The summed E-state index contributed by atoms with van der Waals surface area (Å²) in [5.74, 6) is -2.36. The number of ether oxygens (including phenoxy) is 3. The lowest BCUT2D eigenvalue weighted by Crippen LogP contribution is -2.39. The Morgan fingerprint density at radius 3 is 2.45 bits per heavy atom. The number of nitrogens with zero attached hydrogens (tertiary/aromatic N) is 1. The van der Waals surface area contributed by atoms with Gasteiger partial charge in [0.2, 0.25) is 12.7 Å². The molecule has 1 aliphatic rings. The maximum atomic E-state index is 13.3. The minimum absolute atomic E-state index is 0.00230. The average molecular weight is 703 g/mol. The molecule has 0 spiro atoms. The van der Waals surface area contributed by atoms with Crippen LogP contribution in [-0.4, -0.2) is 76.4 Å². The van der Waals surface area contributed by atoms with Crippen LogP contribution < -0.4 is 16.6 Å². The smallest absolute Gasteiger partial charge is 0.343 e. The van der Waals surface area contributed by atoms with Gasteiger partial charge in [-0.25, -0.2) is 9.59 Å². The molecule has 17 heteroatoms. The number of hydrogen-bond donors (Lipinski definition) is 3. The van der Waals surface area contributed by atoms with Crippen LogP contribution in [0.5, 0.6) is 0 Å². The molecule has 1 unspecified atom stereocenters. The normalized spacial score (nSPS) is 20.9. The van der Waals surface area contributed by atoms with E-state index in [0.717, 1.165) is 4.57 Å². The number of carbonyl (C=O) groups is 3. The van der Waals surface area contributed by atoms with Crippen LogP contribution in [0.4, 0.5) is 0 Å². The predicted molar refractivity (Wildman–Crippen MR) is 147 cm³/mol. The van der Waals surface area contributed by atoms with Gasteiger partial charge in [-0.15, -0.1) is 0 Å². The van der Waals surface area contributed by atoms with Crippen molar-refractivity contribution in [3.63, 3.8) is 0 Å². The predicted octanol–water partition coefficient (Wildman–Crippen LogP) is 1.02. The summed E-state index contributed by atoms with van der Waals surface area (Å²) in [6, 6.07) is 0. The van der Waals surface area contributed by atoms with Crippen LogP contribution in [0.1, 0.15) is 54.2 Å². The highest BCUT2D eigenvalue weighted by Gasteiger charge is 2.37. The molecule has 226 valence electrons. The Balaban J connectivity index is 2.01. The van der Waals surface area contributed by atoms with Crippen molar-refractivity contribution in [1.29, 1.82) is 0 Å². The number of aromatic nitrogens is 2. The second-order valence-corrected chi connectivity index (χ2v) is 14.2. The maximum Gasteiger partial charge on any atom is 0.343 e. The molecular weight excluding hydrogens is 668 g/mol.